The third kappa shape index (κ3) is 4.47. The van der Waals surface area contributed by atoms with Crippen molar-refractivity contribution in [2.24, 2.45) is 0 Å². The summed E-state index contributed by atoms with van der Waals surface area (Å²) in [7, 11) is 0. The molecule has 7 heteroatoms. The number of anilines is 3. The number of carbonyl (C=O) groups is 1. The maximum absolute atomic E-state index is 12.3. The highest BCUT2D eigenvalue weighted by Gasteiger charge is 2.11. The number of nitrogens with zero attached hydrogens (tertiary/aromatic N) is 2. The van der Waals surface area contributed by atoms with Crippen LogP contribution in [0.2, 0.25) is 10.0 Å². The molecular weight excluding hydrogens is 359 g/mol. The van der Waals surface area contributed by atoms with Gasteiger partial charge in [0.05, 0.1) is 10.6 Å². The summed E-state index contributed by atoms with van der Waals surface area (Å²) in [6.07, 6.45) is 1.50. The zero-order valence-corrected chi connectivity index (χ0v) is 14.8. The molecule has 0 aliphatic heterocycles. The zero-order chi connectivity index (χ0) is 17.8. The van der Waals surface area contributed by atoms with E-state index in [4.69, 9.17) is 23.2 Å². The van der Waals surface area contributed by atoms with Gasteiger partial charge < -0.3 is 10.6 Å². The number of amides is 1. The zero-order valence-electron chi connectivity index (χ0n) is 13.3. The molecule has 0 radical (unpaired) electrons. The normalized spacial score (nSPS) is 10.4. The predicted molar refractivity (Wildman–Crippen MR) is 101 cm³/mol. The van der Waals surface area contributed by atoms with Gasteiger partial charge in [0.25, 0.3) is 5.91 Å². The minimum atomic E-state index is -0.320. The van der Waals surface area contributed by atoms with Crippen LogP contribution in [0.4, 0.5) is 17.2 Å². The third-order valence-corrected chi connectivity index (χ3v) is 3.96. The number of hydrogen-bond acceptors (Lipinski definition) is 4. The van der Waals surface area contributed by atoms with E-state index in [0.29, 0.717) is 27.1 Å². The highest BCUT2D eigenvalue weighted by Crippen LogP contribution is 2.23. The molecular formula is C18H14Cl2N4O. The van der Waals surface area contributed by atoms with Crippen LogP contribution >= 0.6 is 23.2 Å². The van der Waals surface area contributed by atoms with Gasteiger partial charge in [-0.25, -0.2) is 9.97 Å². The molecule has 5 nitrogen and oxygen atoms in total. The highest BCUT2D eigenvalue weighted by atomic mass is 35.5. The second-order valence-corrected chi connectivity index (χ2v) is 6.17. The maximum atomic E-state index is 12.3. The molecule has 2 N–H and O–H groups in total. The van der Waals surface area contributed by atoms with E-state index in [1.807, 2.05) is 25.1 Å². The van der Waals surface area contributed by atoms with Gasteiger partial charge >= 0.3 is 0 Å². The van der Waals surface area contributed by atoms with Crippen molar-refractivity contribution < 1.29 is 4.79 Å². The standard InChI is InChI=1S/C18H14Cl2N4O/c1-11-8-17(22-10-21-11)23-13-3-5-14(6-4-13)24-18(25)15-9-12(19)2-7-16(15)20/h2-10H,1H3,(H,24,25)(H,21,22,23). The van der Waals surface area contributed by atoms with Gasteiger partial charge in [0.15, 0.2) is 0 Å². The second kappa shape index (κ2) is 7.51. The average Bonchev–Trinajstić information content (AvgIpc) is 2.59. The molecule has 0 saturated carbocycles. The van der Waals surface area contributed by atoms with Crippen LogP contribution in [0.3, 0.4) is 0 Å². The smallest absolute Gasteiger partial charge is 0.257 e. The molecule has 3 aromatic rings. The Hall–Kier alpha value is -2.63. The summed E-state index contributed by atoms with van der Waals surface area (Å²) in [6.45, 7) is 1.90. The van der Waals surface area contributed by atoms with Gasteiger partial charge in [-0.05, 0) is 49.4 Å². The van der Waals surface area contributed by atoms with E-state index in [1.54, 1.807) is 24.3 Å². The van der Waals surface area contributed by atoms with Gasteiger partial charge in [0.1, 0.15) is 12.1 Å². The lowest BCUT2D eigenvalue weighted by atomic mass is 10.2. The first-order valence-corrected chi connectivity index (χ1v) is 8.19. The van der Waals surface area contributed by atoms with Crippen molar-refractivity contribution in [3.8, 4) is 0 Å². The Morgan fingerprint density at radius 3 is 2.40 bits per heavy atom. The number of nitrogens with one attached hydrogen (secondary N) is 2. The summed E-state index contributed by atoms with van der Waals surface area (Å²) < 4.78 is 0. The number of hydrogen-bond donors (Lipinski definition) is 2. The largest absolute Gasteiger partial charge is 0.340 e. The molecule has 1 aromatic heterocycles. The summed E-state index contributed by atoms with van der Waals surface area (Å²) >= 11 is 12.0. The fourth-order valence-electron chi connectivity index (χ4n) is 2.18. The summed E-state index contributed by atoms with van der Waals surface area (Å²) in [6, 6.07) is 13.9. The SMILES string of the molecule is Cc1cc(Nc2ccc(NC(=O)c3cc(Cl)ccc3Cl)cc2)ncn1. The lowest BCUT2D eigenvalue weighted by Crippen LogP contribution is -2.12. The molecule has 25 heavy (non-hydrogen) atoms. The van der Waals surface area contributed by atoms with Crippen molar-refractivity contribution >= 4 is 46.3 Å². The fourth-order valence-corrected chi connectivity index (χ4v) is 2.55. The Kier molecular flexibility index (Phi) is 5.16. The maximum Gasteiger partial charge on any atom is 0.257 e. The van der Waals surface area contributed by atoms with Gasteiger partial charge in [-0.15, -0.1) is 0 Å². The molecule has 0 saturated heterocycles. The van der Waals surface area contributed by atoms with Crippen molar-refractivity contribution in [1.29, 1.82) is 0 Å². The van der Waals surface area contributed by atoms with Gasteiger partial charge in [0.2, 0.25) is 0 Å². The Morgan fingerprint density at radius 1 is 0.960 bits per heavy atom. The topological polar surface area (TPSA) is 66.9 Å². The molecule has 0 aliphatic rings. The molecule has 3 rings (SSSR count). The number of benzene rings is 2. The Morgan fingerprint density at radius 2 is 1.68 bits per heavy atom. The van der Waals surface area contributed by atoms with E-state index in [1.165, 1.54) is 12.4 Å². The van der Waals surface area contributed by atoms with Crippen LogP contribution in [0.25, 0.3) is 0 Å². The van der Waals surface area contributed by atoms with Gasteiger partial charge in [-0.1, -0.05) is 23.2 Å². The summed E-state index contributed by atoms with van der Waals surface area (Å²) in [5.74, 6) is 0.384. The summed E-state index contributed by atoms with van der Waals surface area (Å²) in [5, 5.41) is 6.76. The van der Waals surface area contributed by atoms with Crippen molar-refractivity contribution in [3.05, 3.63) is 76.2 Å². The number of rotatable bonds is 4. The molecule has 126 valence electrons. The lowest BCUT2D eigenvalue weighted by Gasteiger charge is -2.09. The summed E-state index contributed by atoms with van der Waals surface area (Å²) in [5.41, 5.74) is 2.69. The predicted octanol–water partition coefficient (Wildman–Crippen LogP) is 5.09. The molecule has 0 atom stereocenters. The first-order chi connectivity index (χ1) is 12.0. The second-order valence-electron chi connectivity index (χ2n) is 5.33. The molecule has 0 unspecified atom stereocenters. The monoisotopic (exact) mass is 372 g/mol. The molecule has 2 aromatic carbocycles. The quantitative estimate of drug-likeness (QED) is 0.669. The molecule has 1 amide bonds. The highest BCUT2D eigenvalue weighted by molar-refractivity contribution is 6.36. The van der Waals surface area contributed by atoms with Crippen molar-refractivity contribution in [2.45, 2.75) is 6.92 Å². The Bertz CT molecular complexity index is 913. The minimum Gasteiger partial charge on any atom is -0.340 e. The molecule has 0 fully saturated rings. The first-order valence-electron chi connectivity index (χ1n) is 7.43. The van der Waals surface area contributed by atoms with E-state index in [-0.39, 0.29) is 5.91 Å². The number of carbonyl (C=O) groups excluding carboxylic acids is 1. The van der Waals surface area contributed by atoms with E-state index in [2.05, 4.69) is 20.6 Å². The Balaban J connectivity index is 1.70. The van der Waals surface area contributed by atoms with Crippen LogP contribution < -0.4 is 10.6 Å². The van der Waals surface area contributed by atoms with Gasteiger partial charge in [0, 0.05) is 28.2 Å². The van der Waals surface area contributed by atoms with Crippen molar-refractivity contribution in [2.75, 3.05) is 10.6 Å². The molecule has 0 spiro atoms. The van der Waals surface area contributed by atoms with E-state index in [0.717, 1.165) is 11.4 Å². The van der Waals surface area contributed by atoms with Crippen LogP contribution in [-0.4, -0.2) is 15.9 Å². The van der Waals surface area contributed by atoms with Gasteiger partial charge in [-0.2, -0.15) is 0 Å². The molecule has 0 bridgehead atoms. The number of aryl methyl sites for hydroxylation is 1. The minimum absolute atomic E-state index is 0.320. The van der Waals surface area contributed by atoms with Crippen LogP contribution in [-0.2, 0) is 0 Å². The average molecular weight is 373 g/mol. The lowest BCUT2D eigenvalue weighted by molar-refractivity contribution is 0.102. The fraction of sp³-hybridized carbons (Fsp3) is 0.0556. The van der Waals surface area contributed by atoms with Crippen LogP contribution in [0.15, 0.2) is 54.9 Å². The van der Waals surface area contributed by atoms with Crippen LogP contribution in [0.5, 0.6) is 0 Å². The molecule has 0 aliphatic carbocycles. The van der Waals surface area contributed by atoms with Crippen LogP contribution in [0, 0.1) is 6.92 Å². The van der Waals surface area contributed by atoms with Crippen molar-refractivity contribution in [3.63, 3.8) is 0 Å². The first kappa shape index (κ1) is 17.2. The number of halogens is 2. The van der Waals surface area contributed by atoms with Gasteiger partial charge in [-0.3, -0.25) is 4.79 Å². The third-order valence-electron chi connectivity index (χ3n) is 3.39. The number of aromatic nitrogens is 2. The van der Waals surface area contributed by atoms with Crippen LogP contribution in [0.1, 0.15) is 16.1 Å². The van der Waals surface area contributed by atoms with E-state index in [9.17, 15) is 4.79 Å². The Labute approximate surface area is 155 Å². The summed E-state index contributed by atoms with van der Waals surface area (Å²) in [4.78, 5) is 20.5. The van der Waals surface area contributed by atoms with E-state index < -0.39 is 0 Å². The van der Waals surface area contributed by atoms with Crippen molar-refractivity contribution in [1.82, 2.24) is 9.97 Å². The van der Waals surface area contributed by atoms with E-state index >= 15 is 0 Å². The molecule has 1 heterocycles.